The molecule has 0 aliphatic carbocycles. The van der Waals surface area contributed by atoms with Crippen molar-refractivity contribution in [3.63, 3.8) is 0 Å². The molecule has 136 valence electrons. The summed E-state index contributed by atoms with van der Waals surface area (Å²) >= 11 is 0. The van der Waals surface area contributed by atoms with Crippen LogP contribution in [0.4, 0.5) is 0 Å². The number of amides is 2. The van der Waals surface area contributed by atoms with Crippen LogP contribution in [0.3, 0.4) is 0 Å². The van der Waals surface area contributed by atoms with Gasteiger partial charge in [0.25, 0.3) is 0 Å². The third kappa shape index (κ3) is 3.75. The first kappa shape index (κ1) is 18.1. The van der Waals surface area contributed by atoms with Gasteiger partial charge in [0.05, 0.1) is 25.1 Å². The van der Waals surface area contributed by atoms with Crippen LogP contribution in [-0.2, 0) is 16.0 Å². The summed E-state index contributed by atoms with van der Waals surface area (Å²) < 4.78 is 0. The monoisotopic (exact) mass is 353 g/mol. The molecule has 6 nitrogen and oxygen atoms in total. The molecule has 0 spiro atoms. The van der Waals surface area contributed by atoms with Crippen molar-refractivity contribution in [3.8, 4) is 0 Å². The molecule has 1 saturated heterocycles. The topological polar surface area (TPSA) is 82.5 Å². The predicted octanol–water partition coefficient (Wildman–Crippen LogP) is 1.12. The van der Waals surface area contributed by atoms with Crippen LogP contribution < -0.4 is 5.32 Å². The van der Waals surface area contributed by atoms with Gasteiger partial charge in [-0.25, -0.2) is 0 Å². The number of carbonyl (C=O) groups is 2. The minimum absolute atomic E-state index is 0.00515. The van der Waals surface area contributed by atoms with E-state index < -0.39 is 0 Å². The molecular weight excluding hydrogens is 330 g/mol. The largest absolute Gasteiger partial charge is 0.394 e. The van der Waals surface area contributed by atoms with Crippen molar-refractivity contribution in [2.24, 2.45) is 0 Å². The van der Waals surface area contributed by atoms with Crippen LogP contribution in [0.2, 0.25) is 0 Å². The van der Waals surface area contributed by atoms with Gasteiger partial charge >= 0.3 is 0 Å². The van der Waals surface area contributed by atoms with Crippen molar-refractivity contribution in [2.45, 2.75) is 31.3 Å². The maximum Gasteiger partial charge on any atom is 0.227 e. The lowest BCUT2D eigenvalue weighted by Gasteiger charge is -2.55. The second kappa shape index (κ2) is 8.10. The first-order valence-electron chi connectivity index (χ1n) is 8.72. The molecular formula is C20H23N3O3. The lowest BCUT2D eigenvalue weighted by molar-refractivity contribution is -0.150. The van der Waals surface area contributed by atoms with Gasteiger partial charge in [0.2, 0.25) is 11.8 Å². The Labute approximate surface area is 152 Å². The number of nitrogens with one attached hydrogen (secondary N) is 1. The molecule has 0 saturated carbocycles. The van der Waals surface area contributed by atoms with Gasteiger partial charge < -0.3 is 15.3 Å². The molecule has 0 unspecified atom stereocenters. The Morgan fingerprint density at radius 1 is 1.12 bits per heavy atom. The van der Waals surface area contributed by atoms with E-state index in [-0.39, 0.29) is 42.8 Å². The summed E-state index contributed by atoms with van der Waals surface area (Å²) in [6.07, 6.45) is 3.56. The third-order valence-corrected chi connectivity index (χ3v) is 4.87. The van der Waals surface area contributed by atoms with Crippen LogP contribution in [0.5, 0.6) is 0 Å². The molecule has 2 amide bonds. The molecule has 0 bridgehead atoms. The highest BCUT2D eigenvalue weighted by molar-refractivity contribution is 5.81. The number of aromatic nitrogens is 1. The van der Waals surface area contributed by atoms with Gasteiger partial charge in [0.1, 0.15) is 0 Å². The van der Waals surface area contributed by atoms with Crippen LogP contribution in [0.25, 0.3) is 0 Å². The normalized spacial score (nSPS) is 21.8. The van der Waals surface area contributed by atoms with Crippen LogP contribution in [0, 0.1) is 0 Å². The van der Waals surface area contributed by atoms with E-state index in [1.54, 1.807) is 17.3 Å². The average Bonchev–Trinajstić information content (AvgIpc) is 2.62. The Bertz CT molecular complexity index is 751. The highest BCUT2D eigenvalue weighted by Crippen LogP contribution is 2.40. The van der Waals surface area contributed by atoms with E-state index in [1.807, 2.05) is 42.5 Å². The SMILES string of the molecule is CC(=O)NC[C@@H]1[C@@H](c2ccccc2)[C@@H](CO)N1C(=O)Cc1ccncc1. The van der Waals surface area contributed by atoms with Crippen molar-refractivity contribution in [2.75, 3.05) is 13.2 Å². The second-order valence-electron chi connectivity index (χ2n) is 6.52. The van der Waals surface area contributed by atoms with Gasteiger partial charge in [-0.05, 0) is 23.3 Å². The zero-order chi connectivity index (χ0) is 18.5. The first-order valence-corrected chi connectivity index (χ1v) is 8.72. The van der Waals surface area contributed by atoms with E-state index in [0.29, 0.717) is 6.54 Å². The smallest absolute Gasteiger partial charge is 0.227 e. The number of rotatable bonds is 6. The molecule has 1 aliphatic rings. The summed E-state index contributed by atoms with van der Waals surface area (Å²) in [6.45, 7) is 1.72. The van der Waals surface area contributed by atoms with E-state index in [1.165, 1.54) is 6.92 Å². The Balaban J connectivity index is 1.81. The number of pyridine rings is 1. The Hall–Kier alpha value is -2.73. The molecule has 1 aliphatic heterocycles. The molecule has 2 heterocycles. The molecule has 1 aromatic heterocycles. The van der Waals surface area contributed by atoms with E-state index in [0.717, 1.165) is 11.1 Å². The average molecular weight is 353 g/mol. The number of aliphatic hydroxyl groups is 1. The van der Waals surface area contributed by atoms with E-state index in [4.69, 9.17) is 0 Å². The third-order valence-electron chi connectivity index (χ3n) is 4.87. The standard InChI is InChI=1S/C20H23N3O3/c1-14(25)22-12-17-20(16-5-3-2-4-6-16)18(13-24)23(17)19(26)11-15-7-9-21-10-8-15/h2-10,17-18,20,24H,11-13H2,1H3,(H,22,25)/t17-,18-,20-/m1/s1. The Morgan fingerprint density at radius 3 is 2.42 bits per heavy atom. The molecule has 3 rings (SSSR count). The van der Waals surface area contributed by atoms with Crippen LogP contribution in [0.1, 0.15) is 24.0 Å². The maximum absolute atomic E-state index is 12.9. The van der Waals surface area contributed by atoms with Crippen molar-refractivity contribution < 1.29 is 14.7 Å². The molecule has 2 N–H and O–H groups in total. The quantitative estimate of drug-likeness (QED) is 0.815. The molecule has 26 heavy (non-hydrogen) atoms. The lowest BCUT2D eigenvalue weighted by Crippen LogP contribution is -2.68. The van der Waals surface area contributed by atoms with E-state index in [2.05, 4.69) is 10.3 Å². The molecule has 2 aromatic rings. The summed E-state index contributed by atoms with van der Waals surface area (Å²) in [6, 6.07) is 13.0. The highest BCUT2D eigenvalue weighted by Gasteiger charge is 2.50. The van der Waals surface area contributed by atoms with Crippen molar-refractivity contribution >= 4 is 11.8 Å². The fraction of sp³-hybridized carbons (Fsp3) is 0.350. The number of hydrogen-bond donors (Lipinski definition) is 2. The number of benzene rings is 1. The van der Waals surface area contributed by atoms with Gasteiger partial charge in [-0.3, -0.25) is 14.6 Å². The van der Waals surface area contributed by atoms with Gasteiger partial charge in [-0.15, -0.1) is 0 Å². The Morgan fingerprint density at radius 2 is 1.81 bits per heavy atom. The molecule has 1 fully saturated rings. The molecule has 6 heteroatoms. The van der Waals surface area contributed by atoms with Crippen molar-refractivity contribution in [1.29, 1.82) is 0 Å². The number of aliphatic hydroxyl groups excluding tert-OH is 1. The number of nitrogens with zero attached hydrogens (tertiary/aromatic N) is 2. The minimum Gasteiger partial charge on any atom is -0.394 e. The van der Waals surface area contributed by atoms with Crippen LogP contribution in [-0.4, -0.2) is 52.0 Å². The van der Waals surface area contributed by atoms with E-state index in [9.17, 15) is 14.7 Å². The number of likely N-dealkylation sites (tertiary alicyclic amines) is 1. The number of hydrogen-bond acceptors (Lipinski definition) is 4. The summed E-state index contributed by atoms with van der Waals surface area (Å²) in [5.74, 6) is -0.196. The molecule has 3 atom stereocenters. The zero-order valence-electron chi connectivity index (χ0n) is 14.7. The van der Waals surface area contributed by atoms with Crippen LogP contribution in [0.15, 0.2) is 54.9 Å². The summed E-state index contributed by atoms with van der Waals surface area (Å²) in [5.41, 5.74) is 1.94. The fourth-order valence-corrected chi connectivity index (χ4v) is 3.68. The van der Waals surface area contributed by atoms with Crippen molar-refractivity contribution in [3.05, 3.63) is 66.0 Å². The highest BCUT2D eigenvalue weighted by atomic mass is 16.3. The van der Waals surface area contributed by atoms with Gasteiger partial charge in [-0.1, -0.05) is 30.3 Å². The first-order chi connectivity index (χ1) is 12.6. The predicted molar refractivity (Wildman–Crippen MR) is 97.3 cm³/mol. The van der Waals surface area contributed by atoms with Gasteiger partial charge in [-0.2, -0.15) is 0 Å². The summed E-state index contributed by atoms with van der Waals surface area (Å²) in [7, 11) is 0. The minimum atomic E-state index is -0.287. The second-order valence-corrected chi connectivity index (χ2v) is 6.52. The van der Waals surface area contributed by atoms with E-state index >= 15 is 0 Å². The van der Waals surface area contributed by atoms with Crippen LogP contribution >= 0.6 is 0 Å². The van der Waals surface area contributed by atoms with Crippen molar-refractivity contribution in [1.82, 2.24) is 15.2 Å². The lowest BCUT2D eigenvalue weighted by atomic mass is 9.74. The maximum atomic E-state index is 12.9. The van der Waals surface area contributed by atoms with Gasteiger partial charge in [0, 0.05) is 31.8 Å². The fourth-order valence-electron chi connectivity index (χ4n) is 3.68. The van der Waals surface area contributed by atoms with Gasteiger partial charge in [0.15, 0.2) is 0 Å². The molecule has 1 aromatic carbocycles. The summed E-state index contributed by atoms with van der Waals surface area (Å²) in [4.78, 5) is 29.9. The number of carbonyl (C=O) groups excluding carboxylic acids is 2. The Kier molecular flexibility index (Phi) is 5.63. The summed E-state index contributed by atoms with van der Waals surface area (Å²) in [5, 5.41) is 12.7. The zero-order valence-corrected chi connectivity index (χ0v) is 14.7. The molecule has 0 radical (unpaired) electrons.